The lowest BCUT2D eigenvalue weighted by Crippen LogP contribution is -2.54. The Bertz CT molecular complexity index is 1100. The molecule has 6 N–H and O–H groups in total. The molecule has 0 aliphatic carbocycles. The molecule has 17 nitrogen and oxygen atoms in total. The molecule has 0 fully saturated rings. The highest BCUT2D eigenvalue weighted by molar-refractivity contribution is 6.13. The van der Waals surface area contributed by atoms with E-state index in [1.54, 1.807) is 27.7 Å². The lowest BCUT2D eigenvalue weighted by atomic mass is 9.96. The van der Waals surface area contributed by atoms with Gasteiger partial charge in [-0.2, -0.15) is 0 Å². The zero-order valence-corrected chi connectivity index (χ0v) is 29.1. The van der Waals surface area contributed by atoms with Crippen molar-refractivity contribution in [1.82, 2.24) is 26.2 Å². The van der Waals surface area contributed by atoms with Gasteiger partial charge in [-0.05, 0) is 18.8 Å². The first-order chi connectivity index (χ1) is 23.3. The Balaban J connectivity index is 2.10. The monoisotopic (exact) mass is 698 g/mol. The highest BCUT2D eigenvalue weighted by Gasteiger charge is 2.29. The van der Waals surface area contributed by atoms with E-state index in [2.05, 4.69) is 21.3 Å². The summed E-state index contributed by atoms with van der Waals surface area (Å²) in [6, 6.07) is -2.26. The number of urea groups is 1. The smallest absolute Gasteiger partial charge is 0.312 e. The maximum Gasteiger partial charge on any atom is 0.312 e. The molecule has 1 unspecified atom stereocenters. The zero-order chi connectivity index (χ0) is 36.6. The van der Waals surface area contributed by atoms with Crippen LogP contribution in [0.1, 0.15) is 53.4 Å². The van der Waals surface area contributed by atoms with E-state index in [1.807, 2.05) is 0 Å². The predicted octanol–water partition coefficient (Wildman–Crippen LogP) is -0.827. The van der Waals surface area contributed by atoms with E-state index in [0.717, 1.165) is 4.90 Å². The number of rotatable bonds is 28. The van der Waals surface area contributed by atoms with Gasteiger partial charge in [-0.25, -0.2) is 4.79 Å². The van der Waals surface area contributed by atoms with E-state index in [9.17, 15) is 33.6 Å². The van der Waals surface area contributed by atoms with Crippen molar-refractivity contribution in [2.75, 3.05) is 72.5 Å². The molecule has 1 heterocycles. The van der Waals surface area contributed by atoms with Crippen molar-refractivity contribution in [2.45, 2.75) is 65.5 Å². The summed E-state index contributed by atoms with van der Waals surface area (Å²) in [7, 11) is 0. The van der Waals surface area contributed by atoms with Crippen LogP contribution in [0.15, 0.2) is 12.2 Å². The van der Waals surface area contributed by atoms with Crippen molar-refractivity contribution in [3.63, 3.8) is 0 Å². The van der Waals surface area contributed by atoms with E-state index >= 15 is 0 Å². The van der Waals surface area contributed by atoms with Crippen LogP contribution >= 0.6 is 0 Å². The number of nitrogens with one attached hydrogen (secondary N) is 4. The molecule has 0 aromatic rings. The average molecular weight is 699 g/mol. The van der Waals surface area contributed by atoms with E-state index in [0.29, 0.717) is 52.4 Å². The van der Waals surface area contributed by atoms with Crippen molar-refractivity contribution in [3.8, 4) is 0 Å². The van der Waals surface area contributed by atoms with Crippen molar-refractivity contribution >= 4 is 41.4 Å². The number of ketones is 1. The summed E-state index contributed by atoms with van der Waals surface area (Å²) in [6.07, 6.45) is 3.17. The van der Waals surface area contributed by atoms with Crippen LogP contribution in [0, 0.1) is 11.8 Å². The van der Waals surface area contributed by atoms with Crippen LogP contribution in [0.5, 0.6) is 0 Å². The largest absolute Gasteiger partial charge is 0.379 e. The van der Waals surface area contributed by atoms with E-state index < -0.39 is 35.8 Å². The first-order valence-corrected chi connectivity index (χ1v) is 16.6. The molecule has 0 aromatic carbocycles. The molecular weight excluding hydrogens is 644 g/mol. The van der Waals surface area contributed by atoms with Gasteiger partial charge in [-0.15, -0.1) is 0 Å². The van der Waals surface area contributed by atoms with Gasteiger partial charge in [0, 0.05) is 50.5 Å². The molecule has 0 radical (unpaired) electrons. The van der Waals surface area contributed by atoms with Crippen molar-refractivity contribution in [3.05, 3.63) is 12.2 Å². The van der Waals surface area contributed by atoms with Crippen molar-refractivity contribution in [2.24, 2.45) is 17.6 Å². The first kappa shape index (κ1) is 43.1. The van der Waals surface area contributed by atoms with Gasteiger partial charge in [-0.1, -0.05) is 27.7 Å². The molecule has 0 aromatic heterocycles. The van der Waals surface area contributed by atoms with Crippen LogP contribution in [0.3, 0.4) is 0 Å². The van der Waals surface area contributed by atoms with Gasteiger partial charge in [-0.3, -0.25) is 33.7 Å². The number of ether oxygens (including phenoxy) is 4. The lowest BCUT2D eigenvalue weighted by molar-refractivity contribution is -0.137. The SMILES string of the molecule is CC(C)C(=O)[C@H](CCCNC(N)=O)NC(=O)C(NC(=O)CCOCCOCCOCCOCCNC(=O)CCN1C(=O)C=CC1=O)C(C)C. The molecule has 49 heavy (non-hydrogen) atoms. The number of amides is 7. The van der Waals surface area contributed by atoms with Crippen molar-refractivity contribution in [1.29, 1.82) is 0 Å². The van der Waals surface area contributed by atoms with Crippen LogP contribution in [-0.4, -0.2) is 131 Å². The lowest BCUT2D eigenvalue weighted by Gasteiger charge is -2.26. The molecule has 0 saturated carbocycles. The Morgan fingerprint density at radius 1 is 0.714 bits per heavy atom. The van der Waals surface area contributed by atoms with Gasteiger partial charge in [0.15, 0.2) is 5.78 Å². The summed E-state index contributed by atoms with van der Waals surface area (Å²) in [6.45, 7) is 10.0. The number of imide groups is 1. The van der Waals surface area contributed by atoms with Crippen LogP contribution < -0.4 is 27.0 Å². The number of Topliss-reactive ketones (excluding diaryl/α,β-unsaturated/α-hetero) is 1. The Hall–Kier alpha value is -3.93. The minimum Gasteiger partial charge on any atom is -0.379 e. The molecule has 17 heteroatoms. The van der Waals surface area contributed by atoms with Gasteiger partial charge >= 0.3 is 6.03 Å². The minimum absolute atomic E-state index is 0.0220. The van der Waals surface area contributed by atoms with Crippen LogP contribution in [0.2, 0.25) is 0 Å². The summed E-state index contributed by atoms with van der Waals surface area (Å²) in [5.74, 6) is -2.63. The molecule has 1 rings (SSSR count). The van der Waals surface area contributed by atoms with Gasteiger partial charge in [0.05, 0.1) is 58.9 Å². The maximum atomic E-state index is 13.0. The van der Waals surface area contributed by atoms with Gasteiger partial charge in [0.1, 0.15) is 6.04 Å². The number of carbonyl (C=O) groups excluding carboxylic acids is 7. The standard InChI is InChI=1S/C32H54N6O11/c1-22(2)29(31(44)36-24(30(43)23(3)4)6-5-11-35-32(33)45)37-26(40)10-14-46-16-18-48-20-21-49-19-17-47-15-12-34-25(39)9-13-38-27(41)7-8-28(38)42/h7-8,22-24,29H,5-6,9-21H2,1-4H3,(H,34,39)(H,36,44)(H,37,40)(H3,33,35,45)/t24-,29?/m0/s1. The maximum absolute atomic E-state index is 13.0. The third-order valence-electron chi connectivity index (χ3n) is 7.08. The molecule has 7 amide bonds. The second kappa shape index (κ2) is 25.1. The summed E-state index contributed by atoms with van der Waals surface area (Å²) < 4.78 is 21.7. The number of nitrogens with two attached hydrogens (primary N) is 1. The highest BCUT2D eigenvalue weighted by atomic mass is 16.6. The number of hydrogen-bond donors (Lipinski definition) is 5. The molecule has 1 aliphatic rings. The number of carbonyl (C=O) groups is 7. The summed E-state index contributed by atoms with van der Waals surface area (Å²) in [4.78, 5) is 84.9. The van der Waals surface area contributed by atoms with Gasteiger partial charge < -0.3 is 45.9 Å². The quantitative estimate of drug-likeness (QED) is 0.0500. The molecule has 278 valence electrons. The molecule has 0 spiro atoms. The molecule has 0 saturated heterocycles. The fourth-order valence-corrected chi connectivity index (χ4v) is 4.39. The first-order valence-electron chi connectivity index (χ1n) is 16.6. The van der Waals surface area contributed by atoms with Crippen molar-refractivity contribution < 1.29 is 52.5 Å². The summed E-state index contributed by atoms with van der Waals surface area (Å²) >= 11 is 0. The Kier molecular flexibility index (Phi) is 22.1. The van der Waals surface area contributed by atoms with E-state index in [4.69, 9.17) is 24.7 Å². The minimum atomic E-state index is -0.844. The third kappa shape index (κ3) is 19.6. The van der Waals surface area contributed by atoms with E-state index in [-0.39, 0.29) is 75.2 Å². The zero-order valence-electron chi connectivity index (χ0n) is 29.1. The van der Waals surface area contributed by atoms with Crippen LogP contribution in [0.25, 0.3) is 0 Å². The Morgan fingerprint density at radius 3 is 1.80 bits per heavy atom. The second-order valence-electron chi connectivity index (χ2n) is 11.8. The Morgan fingerprint density at radius 2 is 1.27 bits per heavy atom. The topological polar surface area (TPSA) is 234 Å². The third-order valence-corrected chi connectivity index (χ3v) is 7.08. The van der Waals surface area contributed by atoms with Gasteiger partial charge in [0.2, 0.25) is 17.7 Å². The summed E-state index contributed by atoms with van der Waals surface area (Å²) in [5.41, 5.74) is 5.07. The molecule has 1 aliphatic heterocycles. The predicted molar refractivity (Wildman–Crippen MR) is 177 cm³/mol. The fraction of sp³-hybridized carbons (Fsp3) is 0.719. The van der Waals surface area contributed by atoms with Gasteiger partial charge in [0.25, 0.3) is 11.8 Å². The van der Waals surface area contributed by atoms with E-state index in [1.165, 1.54) is 12.2 Å². The average Bonchev–Trinajstić information content (AvgIpc) is 3.37. The number of nitrogens with zero attached hydrogens (tertiary/aromatic N) is 1. The molecule has 2 atom stereocenters. The Labute approximate surface area is 287 Å². The fourth-order valence-electron chi connectivity index (χ4n) is 4.39. The normalized spacial score (nSPS) is 13.9. The number of primary amides is 1. The second-order valence-corrected chi connectivity index (χ2v) is 11.8. The molecular formula is C32H54N6O11. The van der Waals surface area contributed by atoms with Crippen LogP contribution in [0.4, 0.5) is 4.79 Å². The summed E-state index contributed by atoms with van der Waals surface area (Å²) in [5, 5.41) is 10.6. The molecule has 0 bridgehead atoms. The number of hydrogen-bond acceptors (Lipinski definition) is 11. The van der Waals surface area contributed by atoms with Crippen LogP contribution in [-0.2, 0) is 47.7 Å². The highest BCUT2D eigenvalue weighted by Crippen LogP contribution is 2.09.